The van der Waals surface area contributed by atoms with Crippen LogP contribution in [0.15, 0.2) is 12.2 Å². The first-order valence-electron chi connectivity index (χ1n) is 47.3. The van der Waals surface area contributed by atoms with Crippen molar-refractivity contribution in [2.75, 3.05) is 26.4 Å². The van der Waals surface area contributed by atoms with E-state index in [0.717, 1.165) is 122 Å². The van der Waals surface area contributed by atoms with E-state index in [1.54, 1.807) is 0 Å². The second kappa shape index (κ2) is 69.5. The average molecular weight is 1690 g/mol. The topological polar surface area (TPSA) is 380 Å². The Labute approximate surface area is 705 Å². The first-order valence-corrected chi connectivity index (χ1v) is 48.8. The summed E-state index contributed by atoms with van der Waals surface area (Å²) >= 11 is 0. The molecule has 0 bridgehead atoms. The second-order valence-electron chi connectivity index (χ2n) is 34.2. The lowest BCUT2D eigenvalue weighted by Crippen LogP contribution is -2.70. The predicted molar refractivity (Wildman–Crippen MR) is 453 cm³/mol. The van der Waals surface area contributed by atoms with Gasteiger partial charge < -0.3 is 88.7 Å². The fraction of sp³-hybridized carbons (Fsp3) is 0.934. The van der Waals surface area contributed by atoms with Gasteiger partial charge in [0.15, 0.2) is 24.8 Å². The summed E-state index contributed by atoms with van der Waals surface area (Å²) in [5.41, 5.74) is 0. The Hall–Kier alpha value is -2.79. The van der Waals surface area contributed by atoms with E-state index in [0.29, 0.717) is 38.0 Å². The number of hydrogen-bond acceptors (Lipinski definition) is 24. The molecule has 1 aliphatic carbocycles. The molecule has 19 unspecified atom stereocenters. The number of phosphoric ester groups is 1. The molecular formula is C91H169O25P. The Morgan fingerprint density at radius 3 is 1.11 bits per heavy atom. The number of aliphatic hydroxyl groups excluding tert-OH is 9. The maximum Gasteiger partial charge on any atom is 0.472 e. The van der Waals surface area contributed by atoms with Crippen LogP contribution in [0, 0.1) is 5.92 Å². The highest BCUT2D eigenvalue weighted by atomic mass is 31.2. The van der Waals surface area contributed by atoms with Crippen LogP contribution in [0.25, 0.3) is 0 Å². The lowest BCUT2D eigenvalue weighted by atomic mass is 9.84. The van der Waals surface area contributed by atoms with Crippen molar-refractivity contribution in [3.05, 3.63) is 12.2 Å². The van der Waals surface area contributed by atoms with E-state index in [4.69, 9.17) is 46.9 Å². The lowest BCUT2D eigenvalue weighted by molar-refractivity contribution is -0.360. The molecule has 25 nitrogen and oxygen atoms in total. The summed E-state index contributed by atoms with van der Waals surface area (Å²) in [5, 5.41) is 102. The molecule has 26 heteroatoms. The van der Waals surface area contributed by atoms with Gasteiger partial charge in [-0.3, -0.25) is 28.2 Å². The minimum atomic E-state index is -5.81. The highest BCUT2D eigenvalue weighted by molar-refractivity contribution is 7.47. The molecule has 117 heavy (non-hydrogen) atoms. The zero-order valence-electron chi connectivity index (χ0n) is 73.4. The summed E-state index contributed by atoms with van der Waals surface area (Å²) in [7, 11) is -5.81. The van der Waals surface area contributed by atoms with E-state index in [9.17, 15) is 74.6 Å². The van der Waals surface area contributed by atoms with Crippen molar-refractivity contribution in [2.45, 2.75) is 511 Å². The van der Waals surface area contributed by atoms with Crippen molar-refractivity contribution in [1.82, 2.24) is 0 Å². The first-order chi connectivity index (χ1) is 56.6. The van der Waals surface area contributed by atoms with Gasteiger partial charge >= 0.3 is 31.7 Å². The van der Waals surface area contributed by atoms with Crippen molar-refractivity contribution >= 4 is 31.7 Å². The highest BCUT2D eigenvalue weighted by Gasteiger charge is 2.60. The fourth-order valence-electron chi connectivity index (χ4n) is 15.8. The number of allylic oxidation sites excluding steroid dienone is 2. The third-order valence-electron chi connectivity index (χ3n) is 23.4. The molecule has 3 aliphatic rings. The van der Waals surface area contributed by atoms with E-state index >= 15 is 0 Å². The number of carbonyl (C=O) groups excluding carboxylic acids is 4. The number of rotatable bonds is 76. The summed E-state index contributed by atoms with van der Waals surface area (Å²) in [6, 6.07) is 0. The molecule has 0 spiro atoms. The number of hydrogen-bond donors (Lipinski definition) is 10. The minimum Gasteiger partial charge on any atom is -0.463 e. The van der Waals surface area contributed by atoms with Crippen LogP contribution in [0.5, 0.6) is 0 Å². The SMILES string of the molecule is CCCCCCCC/C=C\CCCCCC(=O)OC1C(O)C(O)C(OC2OC(CO)C(O)C(O)C2O)C(OP(=O)(O)OCC(COC(=O)CCCCCCCCC(C)CCCCCCCC)OC(=O)CCCCCCCCCCCCCCCCCC)C1OC1OC(COC(=O)CCCCCCCCCCCCCCC)C(O)C(O)C1O. The van der Waals surface area contributed by atoms with Gasteiger partial charge in [0.2, 0.25) is 0 Å². The van der Waals surface area contributed by atoms with Gasteiger partial charge in [-0.2, -0.15) is 0 Å². The minimum absolute atomic E-state index is 0.0165. The van der Waals surface area contributed by atoms with Gasteiger partial charge in [0.05, 0.1) is 13.2 Å². The number of unbranched alkanes of at least 4 members (excludes halogenated alkanes) is 46. The molecule has 19 atom stereocenters. The lowest BCUT2D eigenvalue weighted by Gasteiger charge is -2.50. The van der Waals surface area contributed by atoms with Crippen LogP contribution in [-0.2, 0) is 70.7 Å². The summed E-state index contributed by atoms with van der Waals surface area (Å²) in [4.78, 5) is 66.5. The molecular weight excluding hydrogens is 1520 g/mol. The van der Waals surface area contributed by atoms with Gasteiger partial charge in [-0.1, -0.05) is 342 Å². The quantitative estimate of drug-likeness (QED) is 0.00889. The molecule has 0 aromatic carbocycles. The van der Waals surface area contributed by atoms with Gasteiger partial charge in [0.25, 0.3) is 0 Å². The van der Waals surface area contributed by atoms with Gasteiger partial charge in [-0.25, -0.2) is 4.57 Å². The third kappa shape index (κ3) is 50.1. The van der Waals surface area contributed by atoms with Gasteiger partial charge in [-0.15, -0.1) is 0 Å². The van der Waals surface area contributed by atoms with Crippen molar-refractivity contribution < 1.29 is 122 Å². The average Bonchev–Trinajstić information content (AvgIpc) is 0.753. The second-order valence-corrected chi connectivity index (χ2v) is 35.6. The van der Waals surface area contributed by atoms with Crippen LogP contribution in [-0.4, -0.2) is 205 Å². The van der Waals surface area contributed by atoms with Gasteiger partial charge in [0.1, 0.15) is 92.6 Å². The van der Waals surface area contributed by atoms with Crippen LogP contribution >= 0.6 is 7.82 Å². The number of carbonyl (C=O) groups is 4. The maximum atomic E-state index is 14.9. The van der Waals surface area contributed by atoms with E-state index in [1.165, 1.54) is 186 Å². The van der Waals surface area contributed by atoms with Crippen molar-refractivity contribution in [1.29, 1.82) is 0 Å². The van der Waals surface area contributed by atoms with Crippen molar-refractivity contribution in [3.63, 3.8) is 0 Å². The molecule has 0 amide bonds. The predicted octanol–water partition coefficient (Wildman–Crippen LogP) is 17.4. The van der Waals surface area contributed by atoms with Gasteiger partial charge in [-0.05, 0) is 57.3 Å². The Morgan fingerprint density at radius 1 is 0.359 bits per heavy atom. The molecule has 2 aliphatic heterocycles. The summed E-state index contributed by atoms with van der Waals surface area (Å²) < 4.78 is 73.4. The Balaban J connectivity index is 1.92. The normalized spacial score (nSPS) is 25.3. The molecule has 0 aromatic rings. The summed E-state index contributed by atoms with van der Waals surface area (Å²) in [6.07, 6.45) is 26.5. The molecule has 10 N–H and O–H groups in total. The number of phosphoric acid groups is 1. The molecule has 0 aromatic heterocycles. The van der Waals surface area contributed by atoms with Crippen LogP contribution in [0.4, 0.5) is 0 Å². The maximum absolute atomic E-state index is 14.9. The van der Waals surface area contributed by atoms with E-state index < -0.39 is 162 Å². The molecule has 2 saturated heterocycles. The van der Waals surface area contributed by atoms with Crippen LogP contribution in [0.1, 0.15) is 407 Å². The summed E-state index contributed by atoms with van der Waals surface area (Å²) in [6.45, 7) is 7.93. The standard InChI is InChI=1S/C91H169O25P/c1-6-10-14-18-22-25-28-31-32-33-36-39-41-44-52-58-64-76(95)110-71(67-107-74(93)62-56-51-47-46-49-55-61-70(5)60-54-48-21-17-13-9-4)68-109-117(105,106)116-89-87(114-90-84(103)80(99)78(97)72(66-92)111-90)83(102)82(101)86(113-77(96)65-59-53-45-42-38-35-30-27-24-20-16-12-8-3)88(89)115-91-85(104)81(100)79(98)73(112-91)69-108-75(94)63-57-50-43-40-37-34-29-26-23-19-15-11-7-2/h35,38,70-73,78-92,97-104H,6-34,36-37,39-69H2,1-5H3,(H,105,106)/b38-35-. The number of esters is 4. The molecule has 3 fully saturated rings. The highest BCUT2D eigenvalue weighted by Crippen LogP contribution is 2.49. The van der Waals surface area contributed by atoms with Crippen LogP contribution in [0.3, 0.4) is 0 Å². The zero-order valence-corrected chi connectivity index (χ0v) is 74.3. The molecule has 1 saturated carbocycles. The largest absolute Gasteiger partial charge is 0.472 e. The monoisotopic (exact) mass is 1690 g/mol. The zero-order chi connectivity index (χ0) is 85.5. The molecule has 3 rings (SSSR count). The van der Waals surface area contributed by atoms with E-state index in [2.05, 4.69) is 46.8 Å². The molecule has 688 valence electrons. The Bertz CT molecular complexity index is 2500. The summed E-state index contributed by atoms with van der Waals surface area (Å²) in [5.74, 6) is -2.28. The van der Waals surface area contributed by atoms with Gasteiger partial charge in [0, 0.05) is 25.7 Å². The van der Waals surface area contributed by atoms with Crippen molar-refractivity contribution in [2.24, 2.45) is 5.92 Å². The number of aliphatic hydroxyl groups is 9. The van der Waals surface area contributed by atoms with Crippen LogP contribution < -0.4 is 0 Å². The number of ether oxygens (including phenoxy) is 8. The van der Waals surface area contributed by atoms with E-state index in [1.807, 2.05) is 0 Å². The van der Waals surface area contributed by atoms with Crippen molar-refractivity contribution in [3.8, 4) is 0 Å². The van der Waals surface area contributed by atoms with E-state index in [-0.39, 0.29) is 32.1 Å². The first kappa shape index (κ1) is 108. The van der Waals surface area contributed by atoms with Crippen LogP contribution in [0.2, 0.25) is 0 Å². The smallest absolute Gasteiger partial charge is 0.463 e. The molecule has 2 heterocycles. The fourth-order valence-corrected chi connectivity index (χ4v) is 16.8. The Kier molecular flexibility index (Phi) is 64.4. The molecule has 0 radical (unpaired) electrons. The third-order valence-corrected chi connectivity index (χ3v) is 24.4. The Morgan fingerprint density at radius 2 is 0.692 bits per heavy atom.